The third-order valence-electron chi connectivity index (χ3n) is 2.81. The molecule has 1 aliphatic heterocycles. The van der Waals surface area contributed by atoms with Crippen molar-refractivity contribution in [3.05, 3.63) is 30.1 Å². The molecule has 1 heterocycles. The van der Waals surface area contributed by atoms with E-state index in [1.165, 1.54) is 6.07 Å². The van der Waals surface area contributed by atoms with Gasteiger partial charge in [-0.15, -0.1) is 12.4 Å². The summed E-state index contributed by atoms with van der Waals surface area (Å²) in [4.78, 5) is 2.24. The van der Waals surface area contributed by atoms with Crippen LogP contribution in [0.2, 0.25) is 0 Å². The summed E-state index contributed by atoms with van der Waals surface area (Å²) in [7, 11) is 0. The summed E-state index contributed by atoms with van der Waals surface area (Å²) in [6, 6.07) is 6.76. The lowest BCUT2D eigenvalue weighted by atomic mass is 10.3. The van der Waals surface area contributed by atoms with Crippen molar-refractivity contribution in [2.45, 2.75) is 12.5 Å². The fourth-order valence-corrected chi connectivity index (χ4v) is 1.91. The molecule has 3 nitrogen and oxygen atoms in total. The van der Waals surface area contributed by atoms with Crippen molar-refractivity contribution in [3.63, 3.8) is 0 Å². The molecule has 1 aromatic rings. The topological polar surface area (TPSA) is 38.5 Å². The molecule has 1 fully saturated rings. The van der Waals surface area contributed by atoms with E-state index in [-0.39, 0.29) is 24.3 Å². The standard InChI is InChI=1S/C12H17FN2O.ClH/c13-11-3-1-2-4-12(11)16-8-7-15-6-5-10(14)9-15;/h1-4,10H,5-9,14H2;1H/t10-;/m0./s1. The first kappa shape index (κ1) is 14.2. The van der Waals surface area contributed by atoms with Gasteiger partial charge in [0.15, 0.2) is 11.6 Å². The minimum atomic E-state index is -0.305. The highest BCUT2D eigenvalue weighted by molar-refractivity contribution is 5.85. The molecule has 2 rings (SSSR count). The molecule has 0 amide bonds. The summed E-state index contributed by atoms with van der Waals surface area (Å²) >= 11 is 0. The fourth-order valence-electron chi connectivity index (χ4n) is 1.91. The maximum Gasteiger partial charge on any atom is 0.165 e. The predicted octanol–water partition coefficient (Wildman–Crippen LogP) is 1.66. The Morgan fingerprint density at radius 2 is 2.18 bits per heavy atom. The second kappa shape index (κ2) is 6.79. The minimum Gasteiger partial charge on any atom is -0.489 e. The zero-order valence-electron chi connectivity index (χ0n) is 9.64. The Bertz CT molecular complexity index is 351. The Hall–Kier alpha value is -0.840. The normalized spacial score (nSPS) is 20.0. The minimum absolute atomic E-state index is 0. The summed E-state index contributed by atoms with van der Waals surface area (Å²) < 4.78 is 18.6. The van der Waals surface area contributed by atoms with Crippen molar-refractivity contribution in [1.82, 2.24) is 4.90 Å². The molecule has 0 aromatic heterocycles. The lowest BCUT2D eigenvalue weighted by molar-refractivity contribution is 0.230. The molecule has 0 bridgehead atoms. The second-order valence-corrected chi connectivity index (χ2v) is 4.13. The number of hydrogen-bond acceptors (Lipinski definition) is 3. The highest BCUT2D eigenvalue weighted by Gasteiger charge is 2.18. The molecule has 0 radical (unpaired) electrons. The lowest BCUT2D eigenvalue weighted by Gasteiger charge is -2.15. The highest BCUT2D eigenvalue weighted by atomic mass is 35.5. The van der Waals surface area contributed by atoms with Crippen LogP contribution in [0.4, 0.5) is 4.39 Å². The van der Waals surface area contributed by atoms with Crippen LogP contribution in [0.15, 0.2) is 24.3 Å². The van der Waals surface area contributed by atoms with Crippen molar-refractivity contribution in [2.24, 2.45) is 5.73 Å². The van der Waals surface area contributed by atoms with E-state index in [9.17, 15) is 4.39 Å². The molecule has 0 unspecified atom stereocenters. The summed E-state index contributed by atoms with van der Waals surface area (Å²) in [5, 5.41) is 0. The number of nitrogens with two attached hydrogens (primary N) is 1. The number of ether oxygens (including phenoxy) is 1. The Balaban J connectivity index is 0.00000144. The summed E-state index contributed by atoms with van der Waals surface area (Å²) in [5.74, 6) is 0.0200. The molecule has 5 heteroatoms. The van der Waals surface area contributed by atoms with E-state index >= 15 is 0 Å². The van der Waals surface area contributed by atoms with Crippen LogP contribution in [0.25, 0.3) is 0 Å². The summed E-state index contributed by atoms with van der Waals surface area (Å²) in [6.07, 6.45) is 1.04. The Labute approximate surface area is 107 Å². The zero-order chi connectivity index (χ0) is 11.4. The molecular formula is C12H18ClFN2O. The molecule has 2 N–H and O–H groups in total. The van der Waals surface area contributed by atoms with Crippen molar-refractivity contribution < 1.29 is 9.13 Å². The molecule has 96 valence electrons. The van der Waals surface area contributed by atoms with E-state index < -0.39 is 0 Å². The molecule has 0 spiro atoms. The Kier molecular flexibility index (Phi) is 5.68. The van der Waals surface area contributed by atoms with E-state index in [0.29, 0.717) is 12.4 Å². The van der Waals surface area contributed by atoms with Crippen LogP contribution in [-0.2, 0) is 0 Å². The van der Waals surface area contributed by atoms with E-state index in [2.05, 4.69) is 4.90 Å². The molecule has 1 aromatic carbocycles. The average Bonchev–Trinajstić information content (AvgIpc) is 2.67. The second-order valence-electron chi connectivity index (χ2n) is 4.13. The predicted molar refractivity (Wildman–Crippen MR) is 68.2 cm³/mol. The van der Waals surface area contributed by atoms with Gasteiger partial charge >= 0.3 is 0 Å². The first-order valence-corrected chi connectivity index (χ1v) is 5.61. The van der Waals surface area contributed by atoms with Gasteiger partial charge in [-0.2, -0.15) is 0 Å². The maximum atomic E-state index is 13.2. The lowest BCUT2D eigenvalue weighted by Crippen LogP contribution is -2.29. The number of rotatable bonds is 4. The molecule has 1 aliphatic rings. The van der Waals surface area contributed by atoms with Gasteiger partial charge in [0.1, 0.15) is 6.61 Å². The van der Waals surface area contributed by atoms with Crippen LogP contribution in [0.3, 0.4) is 0 Å². The molecule has 17 heavy (non-hydrogen) atoms. The van der Waals surface area contributed by atoms with Crippen molar-refractivity contribution in [1.29, 1.82) is 0 Å². The molecule has 0 saturated carbocycles. The van der Waals surface area contributed by atoms with Crippen LogP contribution in [0.1, 0.15) is 6.42 Å². The van der Waals surface area contributed by atoms with E-state index in [0.717, 1.165) is 26.1 Å². The molecule has 1 saturated heterocycles. The van der Waals surface area contributed by atoms with Gasteiger partial charge in [-0.3, -0.25) is 4.90 Å². The Morgan fingerprint density at radius 3 is 2.82 bits per heavy atom. The monoisotopic (exact) mass is 260 g/mol. The van der Waals surface area contributed by atoms with Gasteiger partial charge in [0.05, 0.1) is 0 Å². The number of nitrogens with zero attached hydrogens (tertiary/aromatic N) is 1. The van der Waals surface area contributed by atoms with Gasteiger partial charge in [-0.25, -0.2) is 4.39 Å². The third-order valence-corrected chi connectivity index (χ3v) is 2.81. The molecule has 0 aliphatic carbocycles. The summed E-state index contributed by atoms with van der Waals surface area (Å²) in [6.45, 7) is 3.25. The van der Waals surface area contributed by atoms with E-state index in [1.807, 2.05) is 0 Å². The van der Waals surface area contributed by atoms with Crippen LogP contribution in [0.5, 0.6) is 5.75 Å². The highest BCUT2D eigenvalue weighted by Crippen LogP contribution is 2.15. The average molecular weight is 261 g/mol. The van der Waals surface area contributed by atoms with Gasteiger partial charge in [0.2, 0.25) is 0 Å². The number of halogens is 2. The van der Waals surface area contributed by atoms with Crippen LogP contribution in [0, 0.1) is 5.82 Å². The number of para-hydroxylation sites is 1. The summed E-state index contributed by atoms with van der Waals surface area (Å²) in [5.41, 5.74) is 5.79. The SMILES string of the molecule is Cl.N[C@H]1CCN(CCOc2ccccc2F)C1. The smallest absolute Gasteiger partial charge is 0.165 e. The third kappa shape index (κ3) is 4.15. The van der Waals surface area contributed by atoms with Crippen LogP contribution >= 0.6 is 12.4 Å². The maximum absolute atomic E-state index is 13.2. The van der Waals surface area contributed by atoms with Crippen LogP contribution in [-0.4, -0.2) is 37.2 Å². The van der Waals surface area contributed by atoms with E-state index in [4.69, 9.17) is 10.5 Å². The van der Waals surface area contributed by atoms with Gasteiger partial charge < -0.3 is 10.5 Å². The quantitative estimate of drug-likeness (QED) is 0.895. The largest absolute Gasteiger partial charge is 0.489 e. The first-order chi connectivity index (χ1) is 7.75. The zero-order valence-corrected chi connectivity index (χ0v) is 10.5. The Morgan fingerprint density at radius 1 is 1.41 bits per heavy atom. The van der Waals surface area contributed by atoms with Crippen molar-refractivity contribution in [2.75, 3.05) is 26.2 Å². The van der Waals surface area contributed by atoms with Crippen molar-refractivity contribution in [3.8, 4) is 5.75 Å². The number of benzene rings is 1. The number of likely N-dealkylation sites (tertiary alicyclic amines) is 1. The van der Waals surface area contributed by atoms with Crippen molar-refractivity contribution >= 4 is 12.4 Å². The fraction of sp³-hybridized carbons (Fsp3) is 0.500. The van der Waals surface area contributed by atoms with Gasteiger partial charge in [-0.05, 0) is 25.1 Å². The van der Waals surface area contributed by atoms with Crippen LogP contribution < -0.4 is 10.5 Å². The molecule has 1 atom stereocenters. The van der Waals surface area contributed by atoms with Gasteiger partial charge in [0, 0.05) is 19.1 Å². The van der Waals surface area contributed by atoms with Gasteiger partial charge in [-0.1, -0.05) is 12.1 Å². The van der Waals surface area contributed by atoms with Gasteiger partial charge in [0.25, 0.3) is 0 Å². The van der Waals surface area contributed by atoms with E-state index in [1.54, 1.807) is 18.2 Å². The molecular weight excluding hydrogens is 243 g/mol. The number of hydrogen-bond donors (Lipinski definition) is 1. The first-order valence-electron chi connectivity index (χ1n) is 5.61.